The fourth-order valence-electron chi connectivity index (χ4n) is 2.47. The number of nitrogen functional groups attached to an aromatic ring is 1. The van der Waals surface area contributed by atoms with Crippen LogP contribution in [0.25, 0.3) is 0 Å². The number of halogens is 1. The number of rotatable bonds is 2. The summed E-state index contributed by atoms with van der Waals surface area (Å²) >= 11 is 0. The van der Waals surface area contributed by atoms with E-state index < -0.39 is 5.82 Å². The van der Waals surface area contributed by atoms with Crippen LogP contribution in [0.3, 0.4) is 0 Å². The average Bonchev–Trinajstić information content (AvgIpc) is 2.93. The second kappa shape index (κ2) is 4.80. The van der Waals surface area contributed by atoms with Gasteiger partial charge in [-0.05, 0) is 31.5 Å². The number of nitrogens with two attached hydrogens (primary N) is 1. The molecular weight excluding hydrogens is 273 g/mol. The predicted molar refractivity (Wildman–Crippen MR) is 79.8 cm³/mol. The number of aromatic nitrogens is 1. The zero-order valence-corrected chi connectivity index (χ0v) is 11.9. The lowest BCUT2D eigenvalue weighted by atomic mass is 10.1. The van der Waals surface area contributed by atoms with Gasteiger partial charge in [0.2, 0.25) is 5.88 Å². The van der Waals surface area contributed by atoms with Crippen molar-refractivity contribution >= 4 is 17.1 Å². The van der Waals surface area contributed by atoms with Crippen molar-refractivity contribution in [2.24, 2.45) is 0 Å². The van der Waals surface area contributed by atoms with Crippen LogP contribution < -0.4 is 21.3 Å². The molecule has 0 saturated carbocycles. The van der Waals surface area contributed by atoms with Crippen LogP contribution in [0.5, 0.6) is 5.88 Å². The van der Waals surface area contributed by atoms with E-state index in [4.69, 9.17) is 10.5 Å². The fraction of sp³-hybridized carbons (Fsp3) is 0.267. The van der Waals surface area contributed by atoms with Gasteiger partial charge >= 0.3 is 0 Å². The first kappa shape index (κ1) is 13.5. The number of benzene rings is 1. The highest BCUT2D eigenvalue weighted by atomic mass is 19.1. The van der Waals surface area contributed by atoms with Gasteiger partial charge in [-0.15, -0.1) is 0 Å². The topological polar surface area (TPSA) is 69.3 Å². The molecule has 2 heterocycles. The number of aryl methyl sites for hydroxylation is 1. The number of pyridine rings is 1. The third kappa shape index (κ3) is 2.12. The Morgan fingerprint density at radius 2 is 2.14 bits per heavy atom. The molecule has 6 heteroatoms. The summed E-state index contributed by atoms with van der Waals surface area (Å²) in [6, 6.07) is 4.83. The molecule has 0 unspecified atom stereocenters. The molecule has 21 heavy (non-hydrogen) atoms. The molecule has 110 valence electrons. The number of nitrogens with zero attached hydrogens (tertiary/aromatic N) is 1. The average molecular weight is 289 g/mol. The molecule has 0 saturated heterocycles. The molecule has 0 radical (unpaired) electrons. The Labute approximate surface area is 121 Å². The van der Waals surface area contributed by atoms with Gasteiger partial charge in [0.25, 0.3) is 5.56 Å². The summed E-state index contributed by atoms with van der Waals surface area (Å²) in [4.78, 5) is 12.3. The van der Waals surface area contributed by atoms with Crippen LogP contribution in [0.2, 0.25) is 0 Å². The lowest BCUT2D eigenvalue weighted by Gasteiger charge is -2.16. The Morgan fingerprint density at radius 3 is 2.86 bits per heavy atom. The zero-order chi connectivity index (χ0) is 15.1. The molecule has 1 aliphatic rings. The zero-order valence-electron chi connectivity index (χ0n) is 11.9. The normalized spacial score (nSPS) is 12.9. The van der Waals surface area contributed by atoms with Crippen LogP contribution in [0.4, 0.5) is 21.5 Å². The molecule has 3 rings (SSSR count). The molecule has 0 spiro atoms. The van der Waals surface area contributed by atoms with Gasteiger partial charge < -0.3 is 15.8 Å². The van der Waals surface area contributed by atoms with Gasteiger partial charge in [0.05, 0.1) is 17.9 Å². The Bertz CT molecular complexity index is 783. The third-order valence-electron chi connectivity index (χ3n) is 3.62. The lowest BCUT2D eigenvalue weighted by Crippen LogP contribution is -2.22. The summed E-state index contributed by atoms with van der Waals surface area (Å²) < 4.78 is 20.9. The number of hydrogen-bond acceptors (Lipinski definition) is 4. The molecule has 1 aromatic heterocycles. The van der Waals surface area contributed by atoms with E-state index in [2.05, 4.69) is 5.32 Å². The van der Waals surface area contributed by atoms with Crippen molar-refractivity contribution in [2.45, 2.75) is 20.4 Å². The van der Waals surface area contributed by atoms with Crippen LogP contribution >= 0.6 is 0 Å². The highest BCUT2D eigenvalue weighted by molar-refractivity contribution is 5.79. The number of ether oxygens (including phenoxy) is 1. The molecule has 0 atom stereocenters. The maximum Gasteiger partial charge on any atom is 0.258 e. The van der Waals surface area contributed by atoms with Crippen molar-refractivity contribution < 1.29 is 9.13 Å². The van der Waals surface area contributed by atoms with Crippen molar-refractivity contribution in [2.75, 3.05) is 17.7 Å². The SMILES string of the molecule is Cc1ccc(Nc2c(N)c3n(c(=O)c2C)CCO3)c(F)c1. The van der Waals surface area contributed by atoms with Gasteiger partial charge in [0, 0.05) is 5.56 Å². The van der Waals surface area contributed by atoms with Crippen molar-refractivity contribution in [3.05, 3.63) is 45.5 Å². The highest BCUT2D eigenvalue weighted by Gasteiger charge is 2.23. The van der Waals surface area contributed by atoms with E-state index >= 15 is 0 Å². The summed E-state index contributed by atoms with van der Waals surface area (Å²) in [5.74, 6) is -0.0454. The third-order valence-corrected chi connectivity index (χ3v) is 3.62. The van der Waals surface area contributed by atoms with Crippen LogP contribution in [0.1, 0.15) is 11.1 Å². The maximum absolute atomic E-state index is 14.0. The van der Waals surface area contributed by atoms with E-state index in [-0.39, 0.29) is 11.2 Å². The Balaban J connectivity index is 2.11. The molecule has 1 aromatic carbocycles. The summed E-state index contributed by atoms with van der Waals surface area (Å²) in [6.07, 6.45) is 0. The van der Waals surface area contributed by atoms with E-state index in [1.807, 2.05) is 6.92 Å². The minimum absolute atomic E-state index is 0.174. The van der Waals surface area contributed by atoms with Crippen LogP contribution in [0, 0.1) is 19.7 Å². The molecule has 3 N–H and O–H groups in total. The summed E-state index contributed by atoms with van der Waals surface area (Å²) in [5, 5.41) is 2.91. The van der Waals surface area contributed by atoms with Crippen LogP contribution in [-0.4, -0.2) is 11.2 Å². The second-order valence-electron chi connectivity index (χ2n) is 5.13. The first-order chi connectivity index (χ1) is 9.99. The quantitative estimate of drug-likeness (QED) is 0.890. The van der Waals surface area contributed by atoms with Crippen molar-refractivity contribution in [1.82, 2.24) is 4.57 Å². The molecule has 0 aliphatic carbocycles. The standard InChI is InChI=1S/C15H16FN3O2/c1-8-3-4-11(10(16)7-8)18-13-9(2)14(20)19-5-6-21-15(19)12(13)17/h3-4,7,18H,5-6,17H2,1-2H3. The smallest absolute Gasteiger partial charge is 0.258 e. The molecule has 0 fully saturated rings. The lowest BCUT2D eigenvalue weighted by molar-refractivity contribution is 0.358. The van der Waals surface area contributed by atoms with Gasteiger partial charge in [0.1, 0.15) is 18.1 Å². The molecule has 1 aliphatic heterocycles. The van der Waals surface area contributed by atoms with E-state index in [1.165, 1.54) is 10.6 Å². The second-order valence-corrected chi connectivity index (χ2v) is 5.13. The van der Waals surface area contributed by atoms with Crippen molar-refractivity contribution in [1.29, 1.82) is 0 Å². The highest BCUT2D eigenvalue weighted by Crippen LogP contribution is 2.35. The van der Waals surface area contributed by atoms with Gasteiger partial charge in [-0.25, -0.2) is 4.39 Å². The Morgan fingerprint density at radius 1 is 1.38 bits per heavy atom. The Kier molecular flexibility index (Phi) is 3.08. The Hall–Kier alpha value is -2.50. The minimum atomic E-state index is -0.393. The van der Waals surface area contributed by atoms with Gasteiger partial charge in [-0.3, -0.25) is 9.36 Å². The van der Waals surface area contributed by atoms with E-state index in [0.717, 1.165) is 5.56 Å². The van der Waals surface area contributed by atoms with Gasteiger partial charge in [0.15, 0.2) is 0 Å². The summed E-state index contributed by atoms with van der Waals surface area (Å²) in [6.45, 7) is 4.38. The fourth-order valence-corrected chi connectivity index (χ4v) is 2.47. The van der Waals surface area contributed by atoms with E-state index in [1.54, 1.807) is 19.1 Å². The predicted octanol–water partition coefficient (Wildman–Crippen LogP) is 2.32. The molecule has 0 bridgehead atoms. The molecule has 5 nitrogen and oxygen atoms in total. The van der Waals surface area contributed by atoms with Crippen molar-refractivity contribution in [3.8, 4) is 5.88 Å². The largest absolute Gasteiger partial charge is 0.475 e. The summed E-state index contributed by atoms with van der Waals surface area (Å²) in [5.41, 5.74) is 8.15. The van der Waals surface area contributed by atoms with Crippen LogP contribution in [0.15, 0.2) is 23.0 Å². The number of anilines is 3. The first-order valence-corrected chi connectivity index (χ1v) is 6.68. The minimum Gasteiger partial charge on any atom is -0.475 e. The number of hydrogen-bond donors (Lipinski definition) is 2. The molecular formula is C15H16FN3O2. The molecule has 0 amide bonds. The summed E-state index contributed by atoms with van der Waals surface area (Å²) in [7, 11) is 0. The van der Waals surface area contributed by atoms with E-state index in [9.17, 15) is 9.18 Å². The van der Waals surface area contributed by atoms with Gasteiger partial charge in [-0.1, -0.05) is 6.07 Å². The number of fused-ring (bicyclic) bond motifs is 1. The van der Waals surface area contributed by atoms with Crippen molar-refractivity contribution in [3.63, 3.8) is 0 Å². The molecule has 2 aromatic rings. The number of nitrogens with one attached hydrogen (secondary N) is 1. The monoisotopic (exact) mass is 289 g/mol. The van der Waals surface area contributed by atoms with Gasteiger partial charge in [-0.2, -0.15) is 0 Å². The van der Waals surface area contributed by atoms with Crippen LogP contribution in [-0.2, 0) is 6.54 Å². The maximum atomic E-state index is 14.0. The van der Waals surface area contributed by atoms with E-state index in [0.29, 0.717) is 36.0 Å². The first-order valence-electron chi connectivity index (χ1n) is 6.68.